The van der Waals surface area contributed by atoms with Gasteiger partial charge in [-0.05, 0) is 18.9 Å². The zero-order valence-corrected chi connectivity index (χ0v) is 10.0. The maximum atomic E-state index is 13.4. The van der Waals surface area contributed by atoms with Crippen molar-refractivity contribution in [1.82, 2.24) is 5.32 Å². The average Bonchev–Trinajstić information content (AvgIpc) is 2.81. The lowest BCUT2D eigenvalue weighted by molar-refractivity contribution is 0.103. The molecule has 2 atom stereocenters. The van der Waals surface area contributed by atoms with Gasteiger partial charge in [-0.25, -0.2) is 8.78 Å². The highest BCUT2D eigenvalue weighted by molar-refractivity contribution is 5.21. The van der Waals surface area contributed by atoms with Gasteiger partial charge in [0.05, 0.1) is 12.2 Å². The summed E-state index contributed by atoms with van der Waals surface area (Å²) in [4.78, 5) is 0. The number of hydrogen-bond donors (Lipinski definition) is 2. The third-order valence-corrected chi connectivity index (χ3v) is 3.06. The predicted molar refractivity (Wildman–Crippen MR) is 63.2 cm³/mol. The summed E-state index contributed by atoms with van der Waals surface area (Å²) in [6.07, 6.45) is 1.26. The molecule has 2 unspecified atom stereocenters. The van der Waals surface area contributed by atoms with E-state index in [0.717, 1.165) is 31.6 Å². The second-order valence-corrected chi connectivity index (χ2v) is 4.47. The first-order valence-electron chi connectivity index (χ1n) is 6.12. The Morgan fingerprint density at radius 3 is 2.94 bits per heavy atom. The van der Waals surface area contributed by atoms with E-state index in [1.807, 2.05) is 0 Å². The molecule has 1 aromatic carbocycles. The van der Waals surface area contributed by atoms with Crippen molar-refractivity contribution < 1.29 is 18.6 Å². The van der Waals surface area contributed by atoms with Gasteiger partial charge in [-0.3, -0.25) is 0 Å². The molecule has 1 aromatic rings. The summed E-state index contributed by atoms with van der Waals surface area (Å²) in [6, 6.07) is 3.18. The molecular weight excluding hydrogens is 240 g/mol. The number of rotatable bonds is 5. The van der Waals surface area contributed by atoms with Crippen LogP contribution < -0.4 is 5.32 Å². The van der Waals surface area contributed by atoms with Crippen molar-refractivity contribution in [2.45, 2.75) is 25.0 Å². The molecule has 1 fully saturated rings. The largest absolute Gasteiger partial charge is 0.387 e. The fraction of sp³-hybridized carbons (Fsp3) is 0.538. The van der Waals surface area contributed by atoms with Crippen LogP contribution in [-0.4, -0.2) is 30.9 Å². The van der Waals surface area contributed by atoms with Gasteiger partial charge in [-0.2, -0.15) is 0 Å². The van der Waals surface area contributed by atoms with Crippen LogP contribution in [0.1, 0.15) is 24.5 Å². The van der Waals surface area contributed by atoms with Gasteiger partial charge in [0.25, 0.3) is 0 Å². The molecular formula is C13H17F2NO2. The summed E-state index contributed by atoms with van der Waals surface area (Å²) >= 11 is 0. The van der Waals surface area contributed by atoms with E-state index in [0.29, 0.717) is 6.54 Å². The van der Waals surface area contributed by atoms with Crippen molar-refractivity contribution in [3.05, 3.63) is 35.4 Å². The van der Waals surface area contributed by atoms with E-state index in [1.54, 1.807) is 0 Å². The fourth-order valence-corrected chi connectivity index (χ4v) is 2.07. The Hall–Kier alpha value is -1.04. The molecule has 5 heteroatoms. The predicted octanol–water partition coefficient (Wildman–Crippen LogP) is 1.77. The molecule has 0 bridgehead atoms. The molecule has 0 radical (unpaired) electrons. The summed E-state index contributed by atoms with van der Waals surface area (Å²) < 4.78 is 31.5. The zero-order chi connectivity index (χ0) is 13.0. The van der Waals surface area contributed by atoms with Crippen molar-refractivity contribution in [3.8, 4) is 0 Å². The van der Waals surface area contributed by atoms with E-state index in [9.17, 15) is 13.9 Å². The van der Waals surface area contributed by atoms with E-state index in [4.69, 9.17) is 4.74 Å². The molecule has 1 aliphatic heterocycles. The second-order valence-electron chi connectivity index (χ2n) is 4.47. The summed E-state index contributed by atoms with van der Waals surface area (Å²) in [5.41, 5.74) is 0.108. The molecule has 0 amide bonds. The quantitative estimate of drug-likeness (QED) is 0.844. The maximum absolute atomic E-state index is 13.4. The Balaban J connectivity index is 1.81. The number of nitrogens with one attached hydrogen (secondary N) is 1. The average molecular weight is 257 g/mol. The highest BCUT2D eigenvalue weighted by Crippen LogP contribution is 2.17. The van der Waals surface area contributed by atoms with Crippen LogP contribution in [0.25, 0.3) is 0 Å². The Kier molecular flexibility index (Phi) is 4.63. The molecule has 100 valence electrons. The van der Waals surface area contributed by atoms with Crippen LogP contribution in [0.15, 0.2) is 18.2 Å². The smallest absolute Gasteiger partial charge is 0.131 e. The summed E-state index contributed by atoms with van der Waals surface area (Å²) in [7, 11) is 0. The first-order chi connectivity index (χ1) is 8.66. The topological polar surface area (TPSA) is 41.5 Å². The maximum Gasteiger partial charge on any atom is 0.131 e. The third kappa shape index (κ3) is 3.48. The minimum atomic E-state index is -0.980. The van der Waals surface area contributed by atoms with Gasteiger partial charge in [-0.15, -0.1) is 0 Å². The van der Waals surface area contributed by atoms with Gasteiger partial charge in [0.1, 0.15) is 11.6 Å². The molecule has 2 rings (SSSR count). The van der Waals surface area contributed by atoms with Crippen molar-refractivity contribution in [1.29, 1.82) is 0 Å². The third-order valence-electron chi connectivity index (χ3n) is 3.06. The van der Waals surface area contributed by atoms with E-state index >= 15 is 0 Å². The molecule has 0 aromatic heterocycles. The summed E-state index contributed by atoms with van der Waals surface area (Å²) in [6.45, 7) is 1.64. The number of aliphatic hydroxyl groups is 1. The van der Waals surface area contributed by atoms with Crippen LogP contribution in [0.5, 0.6) is 0 Å². The number of benzene rings is 1. The SMILES string of the molecule is OC(CNCC1CCCO1)c1ccc(F)cc1F. The molecule has 0 saturated carbocycles. The van der Waals surface area contributed by atoms with Gasteiger partial charge in [0.2, 0.25) is 0 Å². The van der Waals surface area contributed by atoms with Gasteiger partial charge in [0.15, 0.2) is 0 Å². The molecule has 0 aliphatic carbocycles. The van der Waals surface area contributed by atoms with Gasteiger partial charge < -0.3 is 15.2 Å². The minimum absolute atomic E-state index is 0.108. The normalized spacial score (nSPS) is 21.2. The van der Waals surface area contributed by atoms with E-state index in [-0.39, 0.29) is 18.2 Å². The van der Waals surface area contributed by atoms with E-state index < -0.39 is 17.7 Å². The van der Waals surface area contributed by atoms with Gasteiger partial charge >= 0.3 is 0 Å². The lowest BCUT2D eigenvalue weighted by Crippen LogP contribution is -2.30. The van der Waals surface area contributed by atoms with Crippen molar-refractivity contribution in [2.75, 3.05) is 19.7 Å². The number of ether oxygens (including phenoxy) is 1. The van der Waals surface area contributed by atoms with Crippen LogP contribution in [0, 0.1) is 11.6 Å². The van der Waals surface area contributed by atoms with Gasteiger partial charge in [-0.1, -0.05) is 6.07 Å². The molecule has 3 nitrogen and oxygen atoms in total. The molecule has 1 aliphatic rings. The van der Waals surface area contributed by atoms with Crippen LogP contribution in [0.4, 0.5) is 8.78 Å². The number of halogens is 2. The fourth-order valence-electron chi connectivity index (χ4n) is 2.07. The summed E-state index contributed by atoms with van der Waals surface area (Å²) in [5, 5.41) is 12.8. The highest BCUT2D eigenvalue weighted by Gasteiger charge is 2.17. The van der Waals surface area contributed by atoms with Crippen molar-refractivity contribution in [3.63, 3.8) is 0 Å². The Morgan fingerprint density at radius 2 is 2.28 bits per heavy atom. The van der Waals surface area contributed by atoms with Crippen LogP contribution in [0.2, 0.25) is 0 Å². The molecule has 18 heavy (non-hydrogen) atoms. The Morgan fingerprint density at radius 1 is 1.44 bits per heavy atom. The molecule has 1 saturated heterocycles. The Labute approximate surface area is 105 Å². The van der Waals surface area contributed by atoms with Crippen molar-refractivity contribution >= 4 is 0 Å². The molecule has 2 N–H and O–H groups in total. The number of hydrogen-bond acceptors (Lipinski definition) is 3. The lowest BCUT2D eigenvalue weighted by Gasteiger charge is -2.15. The highest BCUT2D eigenvalue weighted by atomic mass is 19.1. The summed E-state index contributed by atoms with van der Waals surface area (Å²) in [5.74, 6) is -1.36. The Bertz CT molecular complexity index is 395. The zero-order valence-electron chi connectivity index (χ0n) is 10.0. The number of aliphatic hydroxyl groups excluding tert-OH is 1. The minimum Gasteiger partial charge on any atom is -0.387 e. The molecule has 0 spiro atoms. The van der Waals surface area contributed by atoms with Crippen molar-refractivity contribution in [2.24, 2.45) is 0 Å². The van der Waals surface area contributed by atoms with Gasteiger partial charge in [0, 0.05) is 31.3 Å². The van der Waals surface area contributed by atoms with E-state index in [1.165, 1.54) is 6.07 Å². The van der Waals surface area contributed by atoms with E-state index in [2.05, 4.69) is 5.32 Å². The first kappa shape index (κ1) is 13.4. The monoisotopic (exact) mass is 257 g/mol. The van der Waals surface area contributed by atoms with Crippen LogP contribution in [0.3, 0.4) is 0 Å². The lowest BCUT2D eigenvalue weighted by atomic mass is 10.1. The standard InChI is InChI=1S/C13H17F2NO2/c14-9-3-4-11(12(15)6-9)13(17)8-16-7-10-2-1-5-18-10/h3-4,6,10,13,16-17H,1-2,5,7-8H2. The molecule has 1 heterocycles. The first-order valence-corrected chi connectivity index (χ1v) is 6.12. The van der Waals surface area contributed by atoms with Crippen LogP contribution >= 0.6 is 0 Å². The second kappa shape index (κ2) is 6.22. The van der Waals surface area contributed by atoms with Crippen LogP contribution in [-0.2, 0) is 4.74 Å².